The highest BCUT2D eigenvalue weighted by Crippen LogP contribution is 2.49. The highest BCUT2D eigenvalue weighted by molar-refractivity contribution is 5.54. The smallest absolute Gasteiger partial charge is 0.231 e. The van der Waals surface area contributed by atoms with Gasteiger partial charge in [0.1, 0.15) is 0 Å². The molecule has 0 radical (unpaired) electrons. The molecule has 2 bridgehead atoms. The molecule has 1 unspecified atom stereocenters. The van der Waals surface area contributed by atoms with Gasteiger partial charge in [-0.05, 0) is 35.3 Å². The van der Waals surface area contributed by atoms with Crippen LogP contribution in [0.25, 0.3) is 0 Å². The zero-order valence-corrected chi connectivity index (χ0v) is 11.5. The van der Waals surface area contributed by atoms with Gasteiger partial charge in [-0.2, -0.15) is 0 Å². The van der Waals surface area contributed by atoms with E-state index < -0.39 is 12.2 Å². The SMILES string of the molecule is O[C@H]1C=C2[C@@H]3CN(Cc4cc5c(cc43)OCO5)[C@H]2C[C@@H]1O. The summed E-state index contributed by atoms with van der Waals surface area (Å²) >= 11 is 0. The summed E-state index contributed by atoms with van der Waals surface area (Å²) in [7, 11) is 0. The lowest BCUT2D eigenvalue weighted by Crippen LogP contribution is -2.39. The van der Waals surface area contributed by atoms with Gasteiger partial charge in [0.25, 0.3) is 0 Å². The highest BCUT2D eigenvalue weighted by Gasteiger charge is 2.46. The van der Waals surface area contributed by atoms with Crippen molar-refractivity contribution in [1.29, 1.82) is 0 Å². The van der Waals surface area contributed by atoms with E-state index in [0.717, 1.165) is 24.6 Å². The fourth-order valence-corrected chi connectivity index (χ4v) is 4.23. The fraction of sp³-hybridized carbons (Fsp3) is 0.500. The number of ether oxygens (including phenoxy) is 2. The van der Waals surface area contributed by atoms with E-state index >= 15 is 0 Å². The second-order valence-corrected chi connectivity index (χ2v) is 6.36. The van der Waals surface area contributed by atoms with Crippen molar-refractivity contribution >= 4 is 0 Å². The summed E-state index contributed by atoms with van der Waals surface area (Å²) in [6.07, 6.45) is 1.08. The summed E-state index contributed by atoms with van der Waals surface area (Å²) in [6, 6.07) is 4.43. The van der Waals surface area contributed by atoms with Gasteiger partial charge in [-0.25, -0.2) is 0 Å². The molecule has 1 fully saturated rings. The third-order valence-corrected chi connectivity index (χ3v) is 5.25. The van der Waals surface area contributed by atoms with Gasteiger partial charge in [0.15, 0.2) is 11.5 Å². The Morgan fingerprint density at radius 3 is 2.81 bits per heavy atom. The molecule has 21 heavy (non-hydrogen) atoms. The molecule has 5 nitrogen and oxygen atoms in total. The number of hydrogen-bond donors (Lipinski definition) is 2. The molecule has 1 aromatic carbocycles. The van der Waals surface area contributed by atoms with Crippen molar-refractivity contribution in [3.63, 3.8) is 0 Å². The molecule has 3 heterocycles. The van der Waals surface area contributed by atoms with Crippen LogP contribution < -0.4 is 9.47 Å². The number of aliphatic hydroxyl groups is 2. The monoisotopic (exact) mass is 287 g/mol. The van der Waals surface area contributed by atoms with Crippen LogP contribution in [-0.2, 0) is 6.54 Å². The van der Waals surface area contributed by atoms with Crippen molar-refractivity contribution in [3.05, 3.63) is 34.9 Å². The topological polar surface area (TPSA) is 62.2 Å². The molecule has 110 valence electrons. The molecule has 1 aromatic rings. The zero-order chi connectivity index (χ0) is 14.1. The molecule has 2 N–H and O–H groups in total. The van der Waals surface area contributed by atoms with E-state index in [4.69, 9.17) is 9.47 Å². The lowest BCUT2D eigenvalue weighted by Gasteiger charge is -2.31. The first-order chi connectivity index (χ1) is 10.2. The first kappa shape index (κ1) is 12.0. The van der Waals surface area contributed by atoms with E-state index in [-0.39, 0.29) is 6.04 Å². The number of fused-ring (bicyclic) bond motifs is 8. The van der Waals surface area contributed by atoms with Gasteiger partial charge in [-0.15, -0.1) is 0 Å². The Bertz CT molecular complexity index is 656. The van der Waals surface area contributed by atoms with Gasteiger partial charge < -0.3 is 19.7 Å². The van der Waals surface area contributed by atoms with Crippen LogP contribution in [-0.4, -0.2) is 46.7 Å². The van der Waals surface area contributed by atoms with Crippen LogP contribution in [0.4, 0.5) is 0 Å². The largest absolute Gasteiger partial charge is 0.454 e. The number of benzene rings is 1. The van der Waals surface area contributed by atoms with Crippen LogP contribution in [0.1, 0.15) is 23.5 Å². The number of aliphatic hydroxyl groups excluding tert-OH is 2. The standard InChI is InChI=1S/C16H17NO4/c18-13-2-10-11-6-17(12(10)4-14(13)19)5-8-1-15-16(3-9(8)11)21-7-20-15/h1-3,11-14,18-19H,4-7H2/t11-,12+,13+,14+/m1/s1. The lowest BCUT2D eigenvalue weighted by molar-refractivity contribution is 0.0208. The second-order valence-electron chi connectivity index (χ2n) is 6.36. The van der Waals surface area contributed by atoms with Crippen molar-refractivity contribution in [1.82, 2.24) is 4.90 Å². The molecule has 5 heteroatoms. The average Bonchev–Trinajstić information content (AvgIpc) is 3.03. The van der Waals surface area contributed by atoms with E-state index in [1.807, 2.05) is 6.08 Å². The first-order valence-electron chi connectivity index (χ1n) is 7.45. The number of hydrogen-bond acceptors (Lipinski definition) is 5. The minimum atomic E-state index is -0.741. The first-order valence-corrected chi connectivity index (χ1v) is 7.45. The van der Waals surface area contributed by atoms with E-state index in [2.05, 4.69) is 17.0 Å². The van der Waals surface area contributed by atoms with Crippen LogP contribution >= 0.6 is 0 Å². The minimum absolute atomic E-state index is 0.248. The van der Waals surface area contributed by atoms with Crippen molar-refractivity contribution < 1.29 is 19.7 Å². The second kappa shape index (κ2) is 4.00. The Labute approximate surface area is 122 Å². The van der Waals surface area contributed by atoms with Crippen molar-refractivity contribution in [3.8, 4) is 11.5 Å². The average molecular weight is 287 g/mol. The van der Waals surface area contributed by atoms with Crippen LogP contribution in [0.3, 0.4) is 0 Å². The van der Waals surface area contributed by atoms with Gasteiger partial charge in [-0.3, -0.25) is 4.90 Å². The molecule has 0 spiro atoms. The Hall–Kier alpha value is -1.56. The Balaban J connectivity index is 1.63. The van der Waals surface area contributed by atoms with Crippen molar-refractivity contribution in [2.75, 3.05) is 13.3 Å². The van der Waals surface area contributed by atoms with Crippen LogP contribution in [0.5, 0.6) is 11.5 Å². The van der Waals surface area contributed by atoms with E-state index in [9.17, 15) is 10.2 Å². The third kappa shape index (κ3) is 1.56. The predicted molar refractivity (Wildman–Crippen MR) is 74.2 cm³/mol. The highest BCUT2D eigenvalue weighted by atomic mass is 16.7. The summed E-state index contributed by atoms with van der Waals surface area (Å²) in [5, 5.41) is 19.9. The van der Waals surface area contributed by atoms with Gasteiger partial charge in [-0.1, -0.05) is 6.08 Å². The molecule has 5 atom stereocenters. The molecule has 4 aliphatic rings. The maximum atomic E-state index is 9.96. The lowest BCUT2D eigenvalue weighted by atomic mass is 9.82. The Morgan fingerprint density at radius 2 is 1.95 bits per heavy atom. The van der Waals surface area contributed by atoms with Gasteiger partial charge in [0.2, 0.25) is 6.79 Å². The minimum Gasteiger partial charge on any atom is -0.454 e. The van der Waals surface area contributed by atoms with Gasteiger partial charge in [0, 0.05) is 25.0 Å². The summed E-state index contributed by atoms with van der Waals surface area (Å²) in [4.78, 5) is 2.40. The van der Waals surface area contributed by atoms with Crippen LogP contribution in [0.15, 0.2) is 23.8 Å². The van der Waals surface area contributed by atoms with E-state index in [1.54, 1.807) is 0 Å². The molecule has 1 saturated heterocycles. The summed E-state index contributed by atoms with van der Waals surface area (Å²) in [5.41, 5.74) is 3.81. The molecular formula is C16H17NO4. The molecule has 5 rings (SSSR count). The predicted octanol–water partition coefficient (Wildman–Crippen LogP) is 0.749. The molecule has 3 aliphatic heterocycles. The Morgan fingerprint density at radius 1 is 1.14 bits per heavy atom. The zero-order valence-electron chi connectivity index (χ0n) is 11.5. The van der Waals surface area contributed by atoms with E-state index in [0.29, 0.717) is 19.1 Å². The summed E-state index contributed by atoms with van der Waals surface area (Å²) < 4.78 is 11.0. The maximum Gasteiger partial charge on any atom is 0.231 e. The quantitative estimate of drug-likeness (QED) is 0.690. The summed E-state index contributed by atoms with van der Waals surface area (Å²) in [6.45, 7) is 2.12. The molecule has 1 aliphatic carbocycles. The Kier molecular flexibility index (Phi) is 2.29. The van der Waals surface area contributed by atoms with Crippen molar-refractivity contribution in [2.45, 2.75) is 37.1 Å². The normalized spacial score (nSPS) is 38.8. The number of nitrogens with zero attached hydrogens (tertiary/aromatic N) is 1. The van der Waals surface area contributed by atoms with Gasteiger partial charge >= 0.3 is 0 Å². The summed E-state index contributed by atoms with van der Waals surface area (Å²) in [5.74, 6) is 1.95. The van der Waals surface area contributed by atoms with E-state index in [1.165, 1.54) is 16.7 Å². The molecule has 0 amide bonds. The molecular weight excluding hydrogens is 270 g/mol. The molecule has 0 saturated carbocycles. The fourth-order valence-electron chi connectivity index (χ4n) is 4.23. The van der Waals surface area contributed by atoms with Crippen LogP contribution in [0.2, 0.25) is 0 Å². The third-order valence-electron chi connectivity index (χ3n) is 5.25. The maximum absolute atomic E-state index is 9.96. The molecule has 0 aromatic heterocycles. The van der Waals surface area contributed by atoms with Crippen LogP contribution in [0, 0.1) is 0 Å². The number of rotatable bonds is 0. The van der Waals surface area contributed by atoms with Crippen molar-refractivity contribution in [2.24, 2.45) is 0 Å². The van der Waals surface area contributed by atoms with Gasteiger partial charge in [0.05, 0.1) is 12.2 Å².